The van der Waals surface area contributed by atoms with Gasteiger partial charge in [-0.25, -0.2) is 0 Å². The molecule has 2 aromatic heterocycles. The number of halogens is 1. The van der Waals surface area contributed by atoms with Crippen molar-refractivity contribution in [2.45, 2.75) is 33.2 Å². The van der Waals surface area contributed by atoms with Crippen molar-refractivity contribution in [1.29, 1.82) is 0 Å². The van der Waals surface area contributed by atoms with E-state index in [9.17, 15) is 9.90 Å². The monoisotopic (exact) mass is 414 g/mol. The number of hydrogen-bond donors (Lipinski definition) is 2. The van der Waals surface area contributed by atoms with Crippen LogP contribution in [0.5, 0.6) is 0 Å². The van der Waals surface area contributed by atoms with E-state index in [1.807, 2.05) is 6.07 Å². The third-order valence-corrected chi connectivity index (χ3v) is 4.45. The lowest BCUT2D eigenvalue weighted by molar-refractivity contribution is 0.0922. The number of aliphatic hydroxyl groups excluding tert-OH is 1. The van der Waals surface area contributed by atoms with Gasteiger partial charge < -0.3 is 10.4 Å². The Balaban J connectivity index is 2.09. The summed E-state index contributed by atoms with van der Waals surface area (Å²) in [5.74, 6) is 0.771. The SMILES string of the molecule is CC(C)Cc1nnnn1-c1cc(C(=O)NC(C)CO)cc(-c2ccc(Cl)cn2)c1. The standard InChI is InChI=1S/C20H23ClN6O2/c1-12(2)6-19-24-25-26-27(19)17-8-14(18-5-4-16(21)10-22-18)7-15(9-17)20(29)23-13(3)11-28/h4-5,7-10,12-13,28H,6,11H2,1-3H3,(H,23,29). The van der Waals surface area contributed by atoms with E-state index in [0.717, 1.165) is 5.56 Å². The van der Waals surface area contributed by atoms with Crippen LogP contribution in [0.25, 0.3) is 16.9 Å². The highest BCUT2D eigenvalue weighted by molar-refractivity contribution is 6.30. The molecule has 152 valence electrons. The molecule has 1 atom stereocenters. The van der Waals surface area contributed by atoms with Crippen molar-refractivity contribution in [3.63, 3.8) is 0 Å². The number of carbonyl (C=O) groups excluding carboxylic acids is 1. The maximum absolute atomic E-state index is 12.7. The van der Waals surface area contributed by atoms with Gasteiger partial charge >= 0.3 is 0 Å². The molecule has 29 heavy (non-hydrogen) atoms. The summed E-state index contributed by atoms with van der Waals surface area (Å²) in [4.78, 5) is 17.1. The van der Waals surface area contributed by atoms with Crippen molar-refractivity contribution in [1.82, 2.24) is 30.5 Å². The van der Waals surface area contributed by atoms with Crippen molar-refractivity contribution < 1.29 is 9.90 Å². The molecule has 3 aromatic rings. The number of amides is 1. The Labute approximate surface area is 173 Å². The van der Waals surface area contributed by atoms with Crippen molar-refractivity contribution in [3.8, 4) is 16.9 Å². The second-order valence-electron chi connectivity index (χ2n) is 7.29. The third-order valence-electron chi connectivity index (χ3n) is 4.22. The highest BCUT2D eigenvalue weighted by atomic mass is 35.5. The first-order chi connectivity index (χ1) is 13.9. The van der Waals surface area contributed by atoms with Gasteiger partial charge in [0.05, 0.1) is 23.0 Å². The van der Waals surface area contributed by atoms with E-state index in [1.165, 1.54) is 0 Å². The molecule has 2 N–H and O–H groups in total. The molecule has 0 radical (unpaired) electrons. The lowest BCUT2D eigenvalue weighted by atomic mass is 10.0. The van der Waals surface area contributed by atoms with Gasteiger partial charge in [-0.2, -0.15) is 4.68 Å². The summed E-state index contributed by atoms with van der Waals surface area (Å²) < 4.78 is 1.63. The zero-order chi connectivity index (χ0) is 21.0. The first-order valence-corrected chi connectivity index (χ1v) is 9.71. The van der Waals surface area contributed by atoms with Crippen LogP contribution in [0.15, 0.2) is 36.5 Å². The third kappa shape index (κ3) is 5.16. The zero-order valence-corrected chi connectivity index (χ0v) is 17.3. The van der Waals surface area contributed by atoms with Gasteiger partial charge in [0.15, 0.2) is 5.82 Å². The molecule has 3 rings (SSSR count). The van der Waals surface area contributed by atoms with Gasteiger partial charge in [-0.15, -0.1) is 5.10 Å². The van der Waals surface area contributed by atoms with E-state index < -0.39 is 0 Å². The Bertz CT molecular complexity index is 987. The minimum Gasteiger partial charge on any atom is -0.394 e. The zero-order valence-electron chi connectivity index (χ0n) is 16.5. The Hall–Kier alpha value is -2.84. The molecule has 2 heterocycles. The summed E-state index contributed by atoms with van der Waals surface area (Å²) in [6.45, 7) is 5.75. The highest BCUT2D eigenvalue weighted by Gasteiger charge is 2.16. The number of rotatable bonds is 7. The highest BCUT2D eigenvalue weighted by Crippen LogP contribution is 2.24. The molecular formula is C20H23ClN6O2. The van der Waals surface area contributed by atoms with Gasteiger partial charge in [-0.05, 0) is 53.6 Å². The summed E-state index contributed by atoms with van der Waals surface area (Å²) >= 11 is 5.95. The first kappa shape index (κ1) is 20.9. The van der Waals surface area contributed by atoms with Crippen LogP contribution >= 0.6 is 11.6 Å². The molecule has 0 saturated carbocycles. The Morgan fingerprint density at radius 1 is 1.24 bits per heavy atom. The lowest BCUT2D eigenvalue weighted by Crippen LogP contribution is -2.35. The lowest BCUT2D eigenvalue weighted by Gasteiger charge is -2.14. The molecule has 0 fully saturated rings. The van der Waals surface area contributed by atoms with Crippen LogP contribution in [0.4, 0.5) is 0 Å². The predicted octanol–water partition coefficient (Wildman–Crippen LogP) is 2.69. The van der Waals surface area contributed by atoms with Gasteiger partial charge in [0, 0.05) is 29.8 Å². The molecule has 0 aliphatic heterocycles. The number of nitrogens with zero attached hydrogens (tertiary/aromatic N) is 5. The summed E-state index contributed by atoms with van der Waals surface area (Å²) in [7, 11) is 0. The number of benzene rings is 1. The van der Waals surface area contributed by atoms with E-state index in [-0.39, 0.29) is 18.6 Å². The van der Waals surface area contributed by atoms with Crippen molar-refractivity contribution in [3.05, 3.63) is 52.9 Å². The molecule has 0 spiro atoms. The van der Waals surface area contributed by atoms with E-state index >= 15 is 0 Å². The summed E-state index contributed by atoms with van der Waals surface area (Å²) in [5, 5.41) is 24.6. The van der Waals surface area contributed by atoms with Gasteiger partial charge in [0.2, 0.25) is 0 Å². The molecule has 9 heteroatoms. The predicted molar refractivity (Wildman–Crippen MR) is 110 cm³/mol. The van der Waals surface area contributed by atoms with Crippen molar-refractivity contribution in [2.24, 2.45) is 5.92 Å². The smallest absolute Gasteiger partial charge is 0.251 e. The first-order valence-electron chi connectivity index (χ1n) is 9.33. The number of aliphatic hydroxyl groups is 1. The molecular weight excluding hydrogens is 392 g/mol. The maximum atomic E-state index is 12.7. The van der Waals surface area contributed by atoms with Crippen LogP contribution in [0.1, 0.15) is 37.0 Å². The van der Waals surface area contributed by atoms with Crippen LogP contribution in [-0.2, 0) is 6.42 Å². The fraction of sp³-hybridized carbons (Fsp3) is 0.350. The molecule has 0 bridgehead atoms. The Morgan fingerprint density at radius 2 is 2.03 bits per heavy atom. The summed E-state index contributed by atoms with van der Waals surface area (Å²) in [6, 6.07) is 8.50. The van der Waals surface area contributed by atoms with Crippen LogP contribution in [0.2, 0.25) is 5.02 Å². The maximum Gasteiger partial charge on any atom is 0.251 e. The summed E-state index contributed by atoms with van der Waals surface area (Å²) in [6.07, 6.45) is 2.25. The molecule has 0 aliphatic carbocycles. The fourth-order valence-corrected chi connectivity index (χ4v) is 2.92. The largest absolute Gasteiger partial charge is 0.394 e. The van der Waals surface area contributed by atoms with E-state index in [4.69, 9.17) is 11.6 Å². The van der Waals surface area contributed by atoms with Crippen molar-refractivity contribution in [2.75, 3.05) is 6.61 Å². The number of tetrazole rings is 1. The van der Waals surface area contributed by atoms with Crippen LogP contribution in [0, 0.1) is 5.92 Å². The van der Waals surface area contributed by atoms with Gasteiger partial charge in [0.1, 0.15) is 0 Å². The Kier molecular flexibility index (Phi) is 6.56. The number of hydrogen-bond acceptors (Lipinski definition) is 6. The number of pyridine rings is 1. The molecule has 8 nitrogen and oxygen atoms in total. The number of carbonyl (C=O) groups is 1. The summed E-state index contributed by atoms with van der Waals surface area (Å²) in [5.41, 5.74) is 2.47. The Morgan fingerprint density at radius 3 is 2.69 bits per heavy atom. The topological polar surface area (TPSA) is 106 Å². The normalized spacial score (nSPS) is 12.2. The minimum atomic E-state index is -0.368. The number of nitrogens with one attached hydrogen (secondary N) is 1. The fourth-order valence-electron chi connectivity index (χ4n) is 2.81. The quantitative estimate of drug-likeness (QED) is 0.615. The number of aromatic nitrogens is 5. The van der Waals surface area contributed by atoms with Crippen molar-refractivity contribution >= 4 is 17.5 Å². The molecule has 0 saturated heterocycles. The van der Waals surface area contributed by atoms with Gasteiger partial charge in [0.25, 0.3) is 5.91 Å². The second kappa shape index (κ2) is 9.11. The molecule has 1 unspecified atom stereocenters. The van der Waals surface area contributed by atoms with Crippen LogP contribution < -0.4 is 5.32 Å². The van der Waals surface area contributed by atoms with Gasteiger partial charge in [-0.3, -0.25) is 9.78 Å². The molecule has 1 aromatic carbocycles. The van der Waals surface area contributed by atoms with E-state index in [1.54, 1.807) is 42.1 Å². The average Bonchev–Trinajstić information content (AvgIpc) is 3.15. The van der Waals surface area contributed by atoms with E-state index in [0.29, 0.717) is 40.1 Å². The average molecular weight is 415 g/mol. The molecule has 1 amide bonds. The van der Waals surface area contributed by atoms with Gasteiger partial charge in [-0.1, -0.05) is 25.4 Å². The van der Waals surface area contributed by atoms with Crippen LogP contribution in [0.3, 0.4) is 0 Å². The molecule has 0 aliphatic rings. The van der Waals surface area contributed by atoms with E-state index in [2.05, 4.69) is 39.7 Å². The van der Waals surface area contributed by atoms with Crippen LogP contribution in [-0.4, -0.2) is 48.9 Å². The minimum absolute atomic E-state index is 0.150. The second-order valence-corrected chi connectivity index (χ2v) is 7.73.